The normalized spacial score (nSPS) is 20.0. The van der Waals surface area contributed by atoms with E-state index in [1.165, 1.54) is 122 Å². The second-order valence-electron chi connectivity index (χ2n) is 17.8. The first-order valence-electron chi connectivity index (χ1n) is 25.9. The number of hydrogen-bond donors (Lipinski definition) is 4. The van der Waals surface area contributed by atoms with Gasteiger partial charge in [-0.25, -0.2) is 4.18 Å². The predicted octanol–water partition coefficient (Wildman–Crippen LogP) is 11.9. The van der Waals surface area contributed by atoms with E-state index in [2.05, 4.69) is 66.6 Å². The van der Waals surface area contributed by atoms with E-state index >= 15 is 0 Å². The topological polar surface area (TPSA) is 178 Å². The number of rotatable bonds is 45. The summed E-state index contributed by atoms with van der Waals surface area (Å²) < 4.78 is 59.3. The molecule has 0 radical (unpaired) electrons. The molecule has 380 valence electrons. The zero-order chi connectivity index (χ0) is 47.5. The maximum Gasteiger partial charge on any atom is 0.397 e. The monoisotopic (exact) mass is 943 g/mol. The van der Waals surface area contributed by atoms with Crippen molar-refractivity contribution in [2.24, 2.45) is 0 Å². The van der Waals surface area contributed by atoms with Gasteiger partial charge >= 0.3 is 16.4 Å². The molecule has 1 rings (SSSR count). The highest BCUT2D eigenvalue weighted by Gasteiger charge is 2.48. The van der Waals surface area contributed by atoms with Crippen molar-refractivity contribution in [3.05, 3.63) is 48.6 Å². The molecule has 1 fully saturated rings. The van der Waals surface area contributed by atoms with E-state index in [9.17, 15) is 33.1 Å². The summed E-state index contributed by atoms with van der Waals surface area (Å²) in [5.74, 6) is -0.405. The van der Waals surface area contributed by atoms with Crippen molar-refractivity contribution < 1.29 is 56.2 Å². The van der Waals surface area contributed by atoms with Crippen LogP contribution < -0.4 is 0 Å². The highest BCUT2D eigenvalue weighted by atomic mass is 32.3. The van der Waals surface area contributed by atoms with Gasteiger partial charge in [-0.2, -0.15) is 8.42 Å². The van der Waals surface area contributed by atoms with Crippen LogP contribution in [0.1, 0.15) is 213 Å². The second-order valence-corrected chi connectivity index (χ2v) is 18.8. The SMILES string of the molecule is CCCCC/C=C\C/C=C\CCCCCCCCCCCC(=O)OC(COCCCCCCCCCC/C=C\C/C=C\CCCCCC)COC1OC(CO)C(O)C(OS(=O)(=O)O)C1O. The largest absolute Gasteiger partial charge is 0.457 e. The van der Waals surface area contributed by atoms with Crippen LogP contribution in [0.15, 0.2) is 48.6 Å². The van der Waals surface area contributed by atoms with Crippen LogP contribution in [0, 0.1) is 0 Å². The highest BCUT2D eigenvalue weighted by molar-refractivity contribution is 7.80. The van der Waals surface area contributed by atoms with E-state index in [0.29, 0.717) is 13.0 Å². The van der Waals surface area contributed by atoms with Crippen molar-refractivity contribution in [3.63, 3.8) is 0 Å². The number of unbranched alkanes of at least 4 members (excludes halogenated alkanes) is 24. The number of aliphatic hydroxyl groups excluding tert-OH is 3. The lowest BCUT2D eigenvalue weighted by Crippen LogP contribution is -2.60. The van der Waals surface area contributed by atoms with Crippen LogP contribution in [-0.2, 0) is 38.3 Å². The molecule has 0 spiro atoms. The van der Waals surface area contributed by atoms with E-state index in [0.717, 1.165) is 64.2 Å². The number of carbonyl (C=O) groups excluding carboxylic acids is 1. The fourth-order valence-electron chi connectivity index (χ4n) is 7.73. The summed E-state index contributed by atoms with van der Waals surface area (Å²) in [6.45, 7) is 3.95. The molecule has 13 heteroatoms. The second kappa shape index (κ2) is 43.3. The number of hydrogen-bond acceptors (Lipinski definition) is 11. The van der Waals surface area contributed by atoms with Crippen LogP contribution in [0.2, 0.25) is 0 Å². The summed E-state index contributed by atoms with van der Waals surface area (Å²) in [6, 6.07) is 0. The number of esters is 1. The summed E-state index contributed by atoms with van der Waals surface area (Å²) in [6.07, 6.45) is 44.2. The first-order chi connectivity index (χ1) is 31.6. The fourth-order valence-corrected chi connectivity index (χ4v) is 8.24. The van der Waals surface area contributed by atoms with Gasteiger partial charge in [0.05, 0.1) is 19.8 Å². The van der Waals surface area contributed by atoms with Crippen LogP contribution in [0.3, 0.4) is 0 Å². The van der Waals surface area contributed by atoms with E-state index in [-0.39, 0.29) is 19.6 Å². The van der Waals surface area contributed by atoms with Gasteiger partial charge in [0, 0.05) is 13.0 Å². The van der Waals surface area contributed by atoms with Crippen LogP contribution >= 0.6 is 0 Å². The lowest BCUT2D eigenvalue weighted by Gasteiger charge is -2.41. The third kappa shape index (κ3) is 36.7. The summed E-state index contributed by atoms with van der Waals surface area (Å²) in [5.41, 5.74) is 0. The van der Waals surface area contributed by atoms with Gasteiger partial charge in [0.25, 0.3) is 0 Å². The molecule has 12 nitrogen and oxygen atoms in total. The smallest absolute Gasteiger partial charge is 0.397 e. The first-order valence-corrected chi connectivity index (χ1v) is 27.3. The van der Waals surface area contributed by atoms with Gasteiger partial charge in [0.15, 0.2) is 6.29 Å². The highest BCUT2D eigenvalue weighted by Crippen LogP contribution is 2.26. The molecule has 0 aliphatic carbocycles. The molecule has 1 aliphatic heterocycles. The average Bonchev–Trinajstić information content (AvgIpc) is 3.28. The summed E-state index contributed by atoms with van der Waals surface area (Å²) in [5, 5.41) is 30.8. The van der Waals surface area contributed by atoms with E-state index < -0.39 is 59.8 Å². The van der Waals surface area contributed by atoms with E-state index in [4.69, 9.17) is 18.9 Å². The van der Waals surface area contributed by atoms with Crippen molar-refractivity contribution >= 4 is 16.4 Å². The van der Waals surface area contributed by atoms with Gasteiger partial charge in [-0.1, -0.05) is 178 Å². The Kier molecular flexibility index (Phi) is 40.7. The molecule has 6 atom stereocenters. The molecule has 4 N–H and O–H groups in total. The molecule has 1 aliphatic rings. The van der Waals surface area contributed by atoms with Crippen LogP contribution in [0.25, 0.3) is 0 Å². The zero-order valence-corrected chi connectivity index (χ0v) is 41.6. The summed E-state index contributed by atoms with van der Waals surface area (Å²) in [7, 11) is -5.07. The molecule has 0 aromatic rings. The quantitative estimate of drug-likeness (QED) is 0.0197. The minimum Gasteiger partial charge on any atom is -0.457 e. The maximum absolute atomic E-state index is 12.9. The zero-order valence-electron chi connectivity index (χ0n) is 40.8. The molecule has 1 heterocycles. The standard InChI is InChI=1S/C52H94O12S/c1-3-5-7-9-11-13-15-17-19-21-23-25-27-29-31-33-35-37-39-41-48(54)62-46(45-61-52-50(56)51(64-65(57,58)59)49(55)47(43-53)63-52)44-60-42-40-38-36-34-32-30-28-26-24-22-20-18-16-14-12-10-8-6-4-2/h11,13-14,16-17,19-20,22,46-47,49-53,55-56H,3-10,12,15,18,21,23-45H2,1-2H3,(H,57,58,59)/b13-11-,16-14-,19-17-,22-20-. The number of carbonyl (C=O) groups is 1. The summed E-state index contributed by atoms with van der Waals surface area (Å²) >= 11 is 0. The van der Waals surface area contributed by atoms with Crippen LogP contribution in [0.4, 0.5) is 0 Å². The van der Waals surface area contributed by atoms with Crippen LogP contribution in [0.5, 0.6) is 0 Å². The number of ether oxygens (including phenoxy) is 4. The van der Waals surface area contributed by atoms with Gasteiger partial charge < -0.3 is 34.3 Å². The van der Waals surface area contributed by atoms with Gasteiger partial charge in [0.2, 0.25) is 0 Å². The number of allylic oxidation sites excluding steroid dienone is 8. The van der Waals surface area contributed by atoms with Gasteiger partial charge in [0.1, 0.15) is 30.5 Å². The van der Waals surface area contributed by atoms with E-state index in [1.807, 2.05) is 0 Å². The molecule has 65 heavy (non-hydrogen) atoms. The fraction of sp³-hybridized carbons (Fsp3) is 0.827. The van der Waals surface area contributed by atoms with Crippen molar-refractivity contribution in [3.8, 4) is 0 Å². The first kappa shape index (κ1) is 61.1. The molecule has 1 saturated heterocycles. The Morgan fingerprint density at radius 3 is 1.49 bits per heavy atom. The molecule has 6 unspecified atom stereocenters. The van der Waals surface area contributed by atoms with E-state index in [1.54, 1.807) is 0 Å². The molecule has 0 bridgehead atoms. The molecular weight excluding hydrogens is 849 g/mol. The van der Waals surface area contributed by atoms with Gasteiger partial charge in [-0.3, -0.25) is 9.35 Å². The average molecular weight is 943 g/mol. The van der Waals surface area contributed by atoms with Gasteiger partial charge in [-0.15, -0.1) is 0 Å². The van der Waals surface area contributed by atoms with Crippen molar-refractivity contribution in [1.82, 2.24) is 0 Å². The Labute approximate surface area is 396 Å². The lowest BCUT2D eigenvalue weighted by atomic mass is 9.99. The Morgan fingerprint density at radius 1 is 0.585 bits per heavy atom. The van der Waals surface area contributed by atoms with Crippen LogP contribution in [-0.4, -0.2) is 97.5 Å². The molecule has 0 aromatic heterocycles. The molecular formula is C52H94O12S. The molecule has 0 amide bonds. The number of aliphatic hydroxyl groups is 3. The predicted molar refractivity (Wildman–Crippen MR) is 262 cm³/mol. The molecule has 0 saturated carbocycles. The lowest BCUT2D eigenvalue weighted by molar-refractivity contribution is -0.301. The van der Waals surface area contributed by atoms with Crippen molar-refractivity contribution in [1.29, 1.82) is 0 Å². The van der Waals surface area contributed by atoms with Crippen molar-refractivity contribution in [2.45, 2.75) is 250 Å². The minimum absolute atomic E-state index is 0.0299. The Balaban J connectivity index is 2.37. The third-order valence-electron chi connectivity index (χ3n) is 11.7. The van der Waals surface area contributed by atoms with Crippen molar-refractivity contribution in [2.75, 3.05) is 26.4 Å². The Hall–Kier alpha value is -1.94. The Morgan fingerprint density at radius 2 is 1.02 bits per heavy atom. The third-order valence-corrected chi connectivity index (χ3v) is 12.1. The minimum atomic E-state index is -5.07. The summed E-state index contributed by atoms with van der Waals surface area (Å²) in [4.78, 5) is 12.9. The van der Waals surface area contributed by atoms with Gasteiger partial charge in [-0.05, 0) is 77.0 Å². The maximum atomic E-state index is 12.9. The molecule has 0 aromatic carbocycles. The Bertz CT molecular complexity index is 1320.